The minimum atomic E-state index is -0.141. The largest absolute Gasteiger partial charge is 0.497 e. The number of aromatic amines is 1. The van der Waals surface area contributed by atoms with Crippen LogP contribution in [0.15, 0.2) is 71.8 Å². The molecule has 0 saturated carbocycles. The molecular weight excluding hydrogens is 432 g/mol. The van der Waals surface area contributed by atoms with Crippen molar-refractivity contribution in [2.75, 3.05) is 12.4 Å². The highest BCUT2D eigenvalue weighted by atomic mass is 32.1. The minimum absolute atomic E-state index is 0.141. The molecule has 2 aromatic heterocycles. The van der Waals surface area contributed by atoms with Crippen molar-refractivity contribution >= 4 is 33.9 Å². The van der Waals surface area contributed by atoms with Crippen molar-refractivity contribution < 1.29 is 4.74 Å². The molecule has 0 aliphatic rings. The fourth-order valence-corrected chi connectivity index (χ4v) is 3.98. The Hall–Kier alpha value is -3.71. The molecule has 4 aromatic rings. The standard InChI is InChI=1S/C26H26N4O2S/c1-17-6-8-23(18(2)11-17)29-26(33)30(15-19-5-4-10-27-14-19)16-21-12-20-13-22(32-3)7-9-24(20)28-25(21)31/h4-14H,15-16H2,1-3H3,(H,28,31)(H,29,33). The van der Waals surface area contributed by atoms with Gasteiger partial charge in [-0.1, -0.05) is 23.8 Å². The molecule has 2 aromatic carbocycles. The summed E-state index contributed by atoms with van der Waals surface area (Å²) in [6, 6.07) is 17.5. The predicted molar refractivity (Wildman–Crippen MR) is 137 cm³/mol. The molecule has 0 aliphatic heterocycles. The molecule has 0 radical (unpaired) electrons. The maximum atomic E-state index is 12.9. The zero-order valence-electron chi connectivity index (χ0n) is 18.9. The lowest BCUT2D eigenvalue weighted by Crippen LogP contribution is -2.35. The molecule has 168 valence electrons. The second-order valence-corrected chi connectivity index (χ2v) is 8.43. The number of hydrogen-bond donors (Lipinski definition) is 2. The van der Waals surface area contributed by atoms with Crippen LogP contribution < -0.4 is 15.6 Å². The van der Waals surface area contributed by atoms with Crippen LogP contribution in [0.3, 0.4) is 0 Å². The first-order valence-electron chi connectivity index (χ1n) is 10.6. The Morgan fingerprint density at radius 1 is 1.12 bits per heavy atom. The van der Waals surface area contributed by atoms with Crippen molar-refractivity contribution in [3.63, 3.8) is 0 Å². The van der Waals surface area contributed by atoms with E-state index in [-0.39, 0.29) is 5.56 Å². The Bertz CT molecular complexity index is 1350. The van der Waals surface area contributed by atoms with Gasteiger partial charge in [0.05, 0.1) is 13.7 Å². The zero-order valence-corrected chi connectivity index (χ0v) is 19.7. The van der Waals surface area contributed by atoms with Gasteiger partial charge in [-0.3, -0.25) is 9.78 Å². The van der Waals surface area contributed by atoms with Crippen LogP contribution in [0.25, 0.3) is 10.9 Å². The molecular formula is C26H26N4O2S. The predicted octanol–water partition coefficient (Wildman–Crippen LogP) is 4.95. The number of fused-ring (bicyclic) bond motifs is 1. The van der Waals surface area contributed by atoms with E-state index in [4.69, 9.17) is 17.0 Å². The molecule has 0 unspecified atom stereocenters. The summed E-state index contributed by atoms with van der Waals surface area (Å²) in [6.07, 6.45) is 3.55. The Labute approximate surface area is 198 Å². The average molecular weight is 459 g/mol. The maximum absolute atomic E-state index is 12.9. The van der Waals surface area contributed by atoms with E-state index < -0.39 is 0 Å². The first kappa shape index (κ1) is 22.5. The first-order valence-corrected chi connectivity index (χ1v) is 11.1. The van der Waals surface area contributed by atoms with Gasteiger partial charge in [0.25, 0.3) is 5.56 Å². The lowest BCUT2D eigenvalue weighted by Gasteiger charge is -2.26. The first-order chi connectivity index (χ1) is 15.9. The number of pyridine rings is 2. The fraction of sp³-hybridized carbons (Fsp3) is 0.192. The van der Waals surface area contributed by atoms with Gasteiger partial charge in [-0.2, -0.15) is 0 Å². The van der Waals surface area contributed by atoms with E-state index in [0.717, 1.165) is 33.5 Å². The van der Waals surface area contributed by atoms with E-state index in [1.165, 1.54) is 5.56 Å². The average Bonchev–Trinajstić information content (AvgIpc) is 2.81. The molecule has 0 saturated heterocycles. The van der Waals surface area contributed by atoms with Crippen LogP contribution in [-0.2, 0) is 13.1 Å². The van der Waals surface area contributed by atoms with Crippen LogP contribution in [0, 0.1) is 13.8 Å². The maximum Gasteiger partial charge on any atom is 0.253 e. The number of rotatable bonds is 6. The molecule has 33 heavy (non-hydrogen) atoms. The van der Waals surface area contributed by atoms with Gasteiger partial charge in [-0.05, 0) is 73.6 Å². The number of ether oxygens (including phenoxy) is 1. The molecule has 0 spiro atoms. The Morgan fingerprint density at radius 2 is 1.97 bits per heavy atom. The summed E-state index contributed by atoms with van der Waals surface area (Å²) >= 11 is 5.79. The molecule has 0 bridgehead atoms. The molecule has 7 heteroatoms. The number of H-pyrrole nitrogens is 1. The molecule has 0 fully saturated rings. The summed E-state index contributed by atoms with van der Waals surface area (Å²) in [4.78, 5) is 22.0. The van der Waals surface area contributed by atoms with E-state index in [2.05, 4.69) is 28.3 Å². The summed E-state index contributed by atoms with van der Waals surface area (Å²) < 4.78 is 5.34. The Kier molecular flexibility index (Phi) is 6.70. The van der Waals surface area contributed by atoms with E-state index in [1.807, 2.05) is 66.6 Å². The van der Waals surface area contributed by atoms with Crippen molar-refractivity contribution in [3.05, 3.63) is 99.6 Å². The molecule has 0 aliphatic carbocycles. The number of aromatic nitrogens is 2. The summed E-state index contributed by atoms with van der Waals surface area (Å²) in [5, 5.41) is 4.80. The van der Waals surface area contributed by atoms with Gasteiger partial charge in [0, 0.05) is 41.1 Å². The van der Waals surface area contributed by atoms with Gasteiger partial charge in [-0.25, -0.2) is 0 Å². The smallest absolute Gasteiger partial charge is 0.253 e. The summed E-state index contributed by atoms with van der Waals surface area (Å²) in [7, 11) is 1.63. The molecule has 0 atom stereocenters. The lowest BCUT2D eigenvalue weighted by atomic mass is 10.1. The van der Waals surface area contributed by atoms with Crippen LogP contribution in [0.2, 0.25) is 0 Å². The van der Waals surface area contributed by atoms with Crippen LogP contribution >= 0.6 is 12.2 Å². The van der Waals surface area contributed by atoms with Crippen molar-refractivity contribution in [1.82, 2.24) is 14.9 Å². The number of hydrogen-bond acceptors (Lipinski definition) is 4. The second kappa shape index (κ2) is 9.83. The minimum Gasteiger partial charge on any atom is -0.497 e. The van der Waals surface area contributed by atoms with Crippen LogP contribution in [0.5, 0.6) is 5.75 Å². The van der Waals surface area contributed by atoms with E-state index in [1.54, 1.807) is 13.3 Å². The number of nitrogens with zero attached hydrogens (tertiary/aromatic N) is 2. The highest BCUT2D eigenvalue weighted by molar-refractivity contribution is 7.80. The van der Waals surface area contributed by atoms with Gasteiger partial charge in [0.2, 0.25) is 0 Å². The van der Waals surface area contributed by atoms with Crippen LogP contribution in [0.1, 0.15) is 22.3 Å². The molecule has 0 amide bonds. The molecule has 2 heterocycles. The number of anilines is 1. The Balaban J connectivity index is 1.66. The van der Waals surface area contributed by atoms with Crippen molar-refractivity contribution in [2.24, 2.45) is 0 Å². The van der Waals surface area contributed by atoms with Crippen molar-refractivity contribution in [3.8, 4) is 5.75 Å². The monoisotopic (exact) mass is 458 g/mol. The fourth-order valence-electron chi connectivity index (χ4n) is 3.74. The lowest BCUT2D eigenvalue weighted by molar-refractivity contribution is 0.410. The van der Waals surface area contributed by atoms with Gasteiger partial charge < -0.3 is 19.9 Å². The summed E-state index contributed by atoms with van der Waals surface area (Å²) in [5.41, 5.74) is 5.48. The topological polar surface area (TPSA) is 70.2 Å². The molecule has 6 nitrogen and oxygen atoms in total. The van der Waals surface area contributed by atoms with Crippen molar-refractivity contribution in [1.29, 1.82) is 0 Å². The molecule has 4 rings (SSSR count). The third kappa shape index (κ3) is 5.38. The highest BCUT2D eigenvalue weighted by Gasteiger charge is 2.15. The van der Waals surface area contributed by atoms with Gasteiger partial charge >= 0.3 is 0 Å². The quantitative estimate of drug-likeness (QED) is 0.399. The number of nitrogens with one attached hydrogen (secondary N) is 2. The van der Waals surface area contributed by atoms with E-state index in [9.17, 15) is 4.79 Å². The van der Waals surface area contributed by atoms with Crippen LogP contribution in [0.4, 0.5) is 5.69 Å². The van der Waals surface area contributed by atoms with Gasteiger partial charge in [-0.15, -0.1) is 0 Å². The normalized spacial score (nSPS) is 10.8. The highest BCUT2D eigenvalue weighted by Crippen LogP contribution is 2.21. The SMILES string of the molecule is COc1ccc2[nH]c(=O)c(CN(Cc3cccnc3)C(=S)Nc3ccc(C)cc3C)cc2c1. The van der Waals surface area contributed by atoms with E-state index in [0.29, 0.717) is 23.8 Å². The second-order valence-electron chi connectivity index (χ2n) is 8.04. The van der Waals surface area contributed by atoms with Gasteiger partial charge in [0.1, 0.15) is 5.75 Å². The van der Waals surface area contributed by atoms with Gasteiger partial charge in [0.15, 0.2) is 5.11 Å². The summed E-state index contributed by atoms with van der Waals surface area (Å²) in [6.45, 7) is 4.96. The number of benzene rings is 2. The van der Waals surface area contributed by atoms with E-state index >= 15 is 0 Å². The summed E-state index contributed by atoms with van der Waals surface area (Å²) in [5.74, 6) is 0.736. The third-order valence-electron chi connectivity index (χ3n) is 5.50. The number of thiocarbonyl (C=S) groups is 1. The zero-order chi connectivity index (χ0) is 23.4. The van der Waals surface area contributed by atoms with Crippen molar-refractivity contribution in [2.45, 2.75) is 26.9 Å². The third-order valence-corrected chi connectivity index (χ3v) is 5.86. The molecule has 2 N–H and O–H groups in total. The Morgan fingerprint density at radius 3 is 2.70 bits per heavy atom. The van der Waals surface area contributed by atoms with Crippen LogP contribution in [-0.4, -0.2) is 27.1 Å². The number of aryl methyl sites for hydroxylation is 2. The number of methoxy groups -OCH3 is 1.